The molecule has 2 N–H and O–H groups in total. The molecule has 0 spiro atoms. The second-order valence-electron chi connectivity index (χ2n) is 5.32. The number of thioether (sulfide) groups is 1. The summed E-state index contributed by atoms with van der Waals surface area (Å²) in [5.41, 5.74) is 2.61. The first-order chi connectivity index (χ1) is 10.1. The van der Waals surface area contributed by atoms with Crippen molar-refractivity contribution in [2.45, 2.75) is 24.8 Å². The standard InChI is InChI=1S/C16H28N4S/c1-13-7-8-14(15(11-13)21-5)12-19-16(17-2)18-9-6-10-20(3)4/h7-8,11H,6,9-10,12H2,1-5H3,(H2,17,18,19). The number of aliphatic imine (C=N–C) groups is 1. The van der Waals surface area contributed by atoms with Gasteiger partial charge < -0.3 is 15.5 Å². The average Bonchev–Trinajstić information content (AvgIpc) is 2.47. The average molecular weight is 308 g/mol. The minimum absolute atomic E-state index is 0.795. The minimum atomic E-state index is 0.795. The molecule has 0 unspecified atom stereocenters. The van der Waals surface area contributed by atoms with Gasteiger partial charge in [-0.3, -0.25) is 4.99 Å². The third-order valence-corrected chi connectivity index (χ3v) is 4.01. The van der Waals surface area contributed by atoms with E-state index in [1.54, 1.807) is 11.8 Å². The molecule has 0 aromatic heterocycles. The van der Waals surface area contributed by atoms with E-state index < -0.39 is 0 Å². The molecule has 1 aromatic carbocycles. The Kier molecular flexibility index (Phi) is 8.23. The molecule has 0 bridgehead atoms. The van der Waals surface area contributed by atoms with Crippen LogP contribution >= 0.6 is 11.8 Å². The zero-order chi connectivity index (χ0) is 15.7. The summed E-state index contributed by atoms with van der Waals surface area (Å²) in [5.74, 6) is 0.862. The highest BCUT2D eigenvalue weighted by molar-refractivity contribution is 7.98. The molecule has 0 aliphatic heterocycles. The Morgan fingerprint density at radius 2 is 2.05 bits per heavy atom. The molecule has 0 saturated heterocycles. The molecular weight excluding hydrogens is 280 g/mol. The van der Waals surface area contributed by atoms with Gasteiger partial charge in [-0.25, -0.2) is 0 Å². The van der Waals surface area contributed by atoms with Crippen molar-refractivity contribution in [1.82, 2.24) is 15.5 Å². The number of aryl methyl sites for hydroxylation is 1. The molecule has 0 fully saturated rings. The van der Waals surface area contributed by atoms with Crippen molar-refractivity contribution in [3.63, 3.8) is 0 Å². The van der Waals surface area contributed by atoms with E-state index in [0.717, 1.165) is 32.0 Å². The number of benzene rings is 1. The number of rotatable bonds is 7. The van der Waals surface area contributed by atoms with Crippen molar-refractivity contribution in [2.75, 3.05) is 40.5 Å². The first-order valence-corrected chi connectivity index (χ1v) is 8.52. The first-order valence-electron chi connectivity index (χ1n) is 7.29. The van der Waals surface area contributed by atoms with Crippen LogP contribution in [0, 0.1) is 6.92 Å². The summed E-state index contributed by atoms with van der Waals surface area (Å²) in [7, 11) is 5.99. The summed E-state index contributed by atoms with van der Waals surface area (Å²) >= 11 is 1.79. The molecule has 5 heteroatoms. The highest BCUT2D eigenvalue weighted by Crippen LogP contribution is 2.21. The molecule has 4 nitrogen and oxygen atoms in total. The van der Waals surface area contributed by atoms with Crippen LogP contribution in [0.2, 0.25) is 0 Å². The highest BCUT2D eigenvalue weighted by atomic mass is 32.2. The predicted molar refractivity (Wildman–Crippen MR) is 94.3 cm³/mol. The van der Waals surface area contributed by atoms with Crippen LogP contribution in [0.4, 0.5) is 0 Å². The van der Waals surface area contributed by atoms with Crippen LogP contribution < -0.4 is 10.6 Å². The fraction of sp³-hybridized carbons (Fsp3) is 0.562. The van der Waals surface area contributed by atoms with Gasteiger partial charge in [-0.15, -0.1) is 11.8 Å². The van der Waals surface area contributed by atoms with E-state index in [1.165, 1.54) is 16.0 Å². The lowest BCUT2D eigenvalue weighted by atomic mass is 10.1. The molecule has 1 rings (SSSR count). The second kappa shape index (κ2) is 9.68. The van der Waals surface area contributed by atoms with E-state index in [0.29, 0.717) is 0 Å². The Morgan fingerprint density at radius 1 is 1.29 bits per heavy atom. The molecule has 0 heterocycles. The van der Waals surface area contributed by atoms with E-state index in [2.05, 4.69) is 66.0 Å². The Hall–Kier alpha value is -1.20. The summed E-state index contributed by atoms with van der Waals surface area (Å²) in [5, 5.41) is 6.73. The lowest BCUT2D eigenvalue weighted by Gasteiger charge is -2.15. The van der Waals surface area contributed by atoms with Gasteiger partial charge in [-0.2, -0.15) is 0 Å². The van der Waals surface area contributed by atoms with Gasteiger partial charge in [-0.05, 0) is 57.4 Å². The van der Waals surface area contributed by atoms with Gasteiger partial charge in [0.2, 0.25) is 0 Å². The Bertz CT molecular complexity index is 458. The van der Waals surface area contributed by atoms with Gasteiger partial charge in [-0.1, -0.05) is 12.1 Å². The summed E-state index contributed by atoms with van der Waals surface area (Å²) in [6.07, 6.45) is 3.22. The van der Waals surface area contributed by atoms with E-state index in [1.807, 2.05) is 7.05 Å². The summed E-state index contributed by atoms with van der Waals surface area (Å²) in [4.78, 5) is 7.78. The Morgan fingerprint density at radius 3 is 2.67 bits per heavy atom. The molecule has 0 saturated carbocycles. The minimum Gasteiger partial charge on any atom is -0.356 e. The first kappa shape index (κ1) is 17.9. The number of hydrogen-bond donors (Lipinski definition) is 2. The van der Waals surface area contributed by atoms with E-state index >= 15 is 0 Å². The maximum Gasteiger partial charge on any atom is 0.191 e. The van der Waals surface area contributed by atoms with Crippen molar-refractivity contribution in [2.24, 2.45) is 4.99 Å². The molecule has 21 heavy (non-hydrogen) atoms. The summed E-state index contributed by atoms with van der Waals surface area (Å²) in [6.45, 7) is 4.94. The van der Waals surface area contributed by atoms with Gasteiger partial charge in [0, 0.05) is 25.0 Å². The molecule has 0 aliphatic carbocycles. The van der Waals surface area contributed by atoms with Crippen LogP contribution in [0.5, 0.6) is 0 Å². The monoisotopic (exact) mass is 308 g/mol. The van der Waals surface area contributed by atoms with Gasteiger partial charge in [0.05, 0.1) is 0 Å². The van der Waals surface area contributed by atoms with E-state index in [9.17, 15) is 0 Å². The summed E-state index contributed by atoms with van der Waals surface area (Å²) in [6, 6.07) is 6.58. The van der Waals surface area contributed by atoms with Crippen molar-refractivity contribution >= 4 is 17.7 Å². The van der Waals surface area contributed by atoms with Crippen LogP contribution in [0.25, 0.3) is 0 Å². The normalized spacial score (nSPS) is 11.8. The Labute approximate surface area is 133 Å². The molecule has 0 radical (unpaired) electrons. The maximum atomic E-state index is 4.27. The Balaban J connectivity index is 2.45. The third kappa shape index (κ3) is 6.87. The van der Waals surface area contributed by atoms with Crippen LogP contribution in [-0.2, 0) is 6.54 Å². The van der Waals surface area contributed by atoms with Crippen LogP contribution in [-0.4, -0.2) is 51.3 Å². The molecule has 1 aromatic rings. The van der Waals surface area contributed by atoms with Gasteiger partial charge in [0.1, 0.15) is 0 Å². The zero-order valence-electron chi connectivity index (χ0n) is 13.9. The lowest BCUT2D eigenvalue weighted by molar-refractivity contribution is 0.399. The summed E-state index contributed by atoms with van der Waals surface area (Å²) < 4.78 is 0. The topological polar surface area (TPSA) is 39.7 Å². The molecule has 0 amide bonds. The molecular formula is C16H28N4S. The van der Waals surface area contributed by atoms with E-state index in [-0.39, 0.29) is 0 Å². The van der Waals surface area contributed by atoms with Gasteiger partial charge in [0.15, 0.2) is 5.96 Å². The van der Waals surface area contributed by atoms with Crippen molar-refractivity contribution in [3.8, 4) is 0 Å². The largest absolute Gasteiger partial charge is 0.356 e. The molecule has 118 valence electrons. The number of nitrogens with one attached hydrogen (secondary N) is 2. The van der Waals surface area contributed by atoms with Crippen LogP contribution in [0.15, 0.2) is 28.1 Å². The van der Waals surface area contributed by atoms with Crippen molar-refractivity contribution in [3.05, 3.63) is 29.3 Å². The van der Waals surface area contributed by atoms with Crippen LogP contribution in [0.3, 0.4) is 0 Å². The third-order valence-electron chi connectivity index (χ3n) is 3.19. The highest BCUT2D eigenvalue weighted by Gasteiger charge is 2.03. The lowest BCUT2D eigenvalue weighted by Crippen LogP contribution is -2.38. The van der Waals surface area contributed by atoms with Gasteiger partial charge in [0.25, 0.3) is 0 Å². The van der Waals surface area contributed by atoms with Crippen LogP contribution in [0.1, 0.15) is 17.5 Å². The second-order valence-corrected chi connectivity index (χ2v) is 6.17. The van der Waals surface area contributed by atoms with Crippen molar-refractivity contribution in [1.29, 1.82) is 0 Å². The zero-order valence-corrected chi connectivity index (χ0v) is 14.7. The van der Waals surface area contributed by atoms with Crippen molar-refractivity contribution < 1.29 is 0 Å². The molecule has 0 aliphatic rings. The van der Waals surface area contributed by atoms with Gasteiger partial charge >= 0.3 is 0 Å². The molecule has 0 atom stereocenters. The predicted octanol–water partition coefficient (Wildman–Crippen LogP) is 2.33. The SMILES string of the molecule is CN=C(NCCCN(C)C)NCc1ccc(C)cc1SC. The fourth-order valence-corrected chi connectivity index (χ4v) is 2.71. The fourth-order valence-electron chi connectivity index (χ4n) is 2.00. The number of guanidine groups is 1. The number of hydrogen-bond acceptors (Lipinski definition) is 3. The quantitative estimate of drug-likeness (QED) is 0.351. The maximum absolute atomic E-state index is 4.27. The number of nitrogens with zero attached hydrogens (tertiary/aromatic N) is 2. The van der Waals surface area contributed by atoms with E-state index in [4.69, 9.17) is 0 Å². The smallest absolute Gasteiger partial charge is 0.191 e.